The molecule has 0 radical (unpaired) electrons. The third-order valence-corrected chi connectivity index (χ3v) is 6.82. The Balaban J connectivity index is 1.69. The quantitative estimate of drug-likeness (QED) is 0.524. The predicted octanol–water partition coefficient (Wildman–Crippen LogP) is 4.37. The molecule has 0 saturated carbocycles. The lowest BCUT2D eigenvalue weighted by atomic mass is 10.2. The van der Waals surface area contributed by atoms with Gasteiger partial charge in [0, 0.05) is 10.5 Å². The second kappa shape index (κ2) is 8.12. The number of carbonyl (C=O) groups is 1. The summed E-state index contributed by atoms with van der Waals surface area (Å²) >= 11 is 4.40. The molecule has 9 heteroatoms. The van der Waals surface area contributed by atoms with Gasteiger partial charge >= 0.3 is 5.97 Å². The third-order valence-electron chi connectivity index (χ3n) is 3.51. The van der Waals surface area contributed by atoms with Crippen molar-refractivity contribution in [1.29, 1.82) is 0 Å². The second-order valence-electron chi connectivity index (χ2n) is 5.47. The number of ether oxygens (including phenoxy) is 1. The Hall–Kier alpha value is -2.36. The largest absolute Gasteiger partial charge is 0.507 e. The van der Waals surface area contributed by atoms with Crippen LogP contribution in [0.25, 0.3) is 0 Å². The van der Waals surface area contributed by atoms with Gasteiger partial charge in [-0.25, -0.2) is 13.2 Å². The van der Waals surface area contributed by atoms with Gasteiger partial charge in [0.25, 0.3) is 10.0 Å². The number of rotatable bonds is 6. The number of phenols is 1. The van der Waals surface area contributed by atoms with Crippen molar-refractivity contribution in [3.63, 3.8) is 0 Å². The van der Waals surface area contributed by atoms with Crippen molar-refractivity contribution < 1.29 is 23.1 Å². The maximum atomic E-state index is 12.2. The molecule has 0 fully saturated rings. The van der Waals surface area contributed by atoms with E-state index < -0.39 is 16.0 Å². The van der Waals surface area contributed by atoms with Crippen LogP contribution in [0.2, 0.25) is 0 Å². The minimum Gasteiger partial charge on any atom is -0.507 e. The Bertz CT molecular complexity index is 1050. The Morgan fingerprint density at radius 3 is 2.52 bits per heavy atom. The lowest BCUT2D eigenvalue weighted by molar-refractivity contribution is 0.0469. The summed E-state index contributed by atoms with van der Waals surface area (Å²) in [7, 11) is -3.73. The molecule has 2 aromatic carbocycles. The molecule has 0 aliphatic heterocycles. The molecular weight excluding hydrogens is 454 g/mol. The molecule has 2 N–H and O–H groups in total. The summed E-state index contributed by atoms with van der Waals surface area (Å²) in [5, 5.41) is 11.7. The van der Waals surface area contributed by atoms with Crippen molar-refractivity contribution in [2.24, 2.45) is 0 Å². The van der Waals surface area contributed by atoms with Crippen molar-refractivity contribution in [2.45, 2.75) is 10.8 Å². The fourth-order valence-corrected chi connectivity index (χ4v) is 4.50. The fourth-order valence-electron chi connectivity index (χ4n) is 2.20. The molecule has 0 atom stereocenters. The summed E-state index contributed by atoms with van der Waals surface area (Å²) in [5.74, 6) is -1.08. The summed E-state index contributed by atoms with van der Waals surface area (Å²) in [6.07, 6.45) is 0. The maximum absolute atomic E-state index is 12.2. The zero-order valence-corrected chi connectivity index (χ0v) is 17.0. The molecule has 0 aliphatic rings. The minimum atomic E-state index is -3.73. The van der Waals surface area contributed by atoms with Gasteiger partial charge in [0.2, 0.25) is 0 Å². The number of sulfonamides is 1. The zero-order valence-electron chi connectivity index (χ0n) is 13.8. The molecule has 0 unspecified atom stereocenters. The molecule has 3 aromatic rings. The molecule has 0 saturated heterocycles. The molecule has 27 heavy (non-hydrogen) atoms. The number of anilines is 1. The number of aromatic hydroxyl groups is 1. The van der Waals surface area contributed by atoms with E-state index in [0.29, 0.717) is 0 Å². The van der Waals surface area contributed by atoms with Crippen LogP contribution in [0.3, 0.4) is 0 Å². The van der Waals surface area contributed by atoms with E-state index in [9.17, 15) is 18.3 Å². The molecule has 0 spiro atoms. The molecule has 0 bridgehead atoms. The van der Waals surface area contributed by atoms with Crippen molar-refractivity contribution in [3.8, 4) is 5.75 Å². The highest BCUT2D eigenvalue weighted by Gasteiger charge is 2.18. The lowest BCUT2D eigenvalue weighted by Gasteiger charge is -2.10. The lowest BCUT2D eigenvalue weighted by Crippen LogP contribution is -2.12. The van der Waals surface area contributed by atoms with Crippen LogP contribution in [0, 0.1) is 0 Å². The Labute approximate surface area is 168 Å². The van der Waals surface area contributed by atoms with Crippen LogP contribution in [0.5, 0.6) is 5.75 Å². The molecular formula is C18H14BrNO5S2. The van der Waals surface area contributed by atoms with Gasteiger partial charge in [-0.2, -0.15) is 0 Å². The summed E-state index contributed by atoms with van der Waals surface area (Å²) in [4.78, 5) is 12.2. The number of thiophene rings is 1. The Morgan fingerprint density at radius 1 is 1.15 bits per heavy atom. The van der Waals surface area contributed by atoms with E-state index in [2.05, 4.69) is 20.7 Å². The van der Waals surface area contributed by atoms with Gasteiger partial charge in [0.1, 0.15) is 22.1 Å². The Morgan fingerprint density at radius 2 is 1.89 bits per heavy atom. The van der Waals surface area contributed by atoms with Gasteiger partial charge in [0.15, 0.2) is 0 Å². The summed E-state index contributed by atoms with van der Waals surface area (Å²) in [6, 6.07) is 14.2. The van der Waals surface area contributed by atoms with Crippen LogP contribution in [-0.4, -0.2) is 19.5 Å². The maximum Gasteiger partial charge on any atom is 0.342 e. The molecule has 1 aromatic heterocycles. The highest BCUT2D eigenvalue weighted by atomic mass is 79.9. The third kappa shape index (κ3) is 4.88. The number of nitrogens with one attached hydrogen (secondary N) is 1. The van der Waals surface area contributed by atoms with Crippen molar-refractivity contribution in [2.75, 3.05) is 4.72 Å². The average Bonchev–Trinajstić information content (AvgIpc) is 3.16. The number of hydrogen-bond acceptors (Lipinski definition) is 6. The van der Waals surface area contributed by atoms with E-state index in [1.54, 1.807) is 23.6 Å². The van der Waals surface area contributed by atoms with E-state index >= 15 is 0 Å². The molecule has 3 rings (SSSR count). The monoisotopic (exact) mass is 467 g/mol. The van der Waals surface area contributed by atoms with Gasteiger partial charge in [-0.15, -0.1) is 11.3 Å². The normalized spacial score (nSPS) is 11.1. The van der Waals surface area contributed by atoms with Crippen LogP contribution in [0.4, 0.5) is 5.69 Å². The van der Waals surface area contributed by atoms with Crippen LogP contribution in [0.15, 0.2) is 68.7 Å². The fraction of sp³-hybridized carbons (Fsp3) is 0.0556. The number of hydrogen-bond donors (Lipinski definition) is 2. The number of halogens is 1. The number of benzene rings is 2. The van der Waals surface area contributed by atoms with E-state index in [0.717, 1.165) is 21.4 Å². The summed E-state index contributed by atoms with van der Waals surface area (Å²) in [5.41, 5.74) is 0.892. The van der Waals surface area contributed by atoms with Crippen molar-refractivity contribution in [1.82, 2.24) is 0 Å². The van der Waals surface area contributed by atoms with E-state index in [1.165, 1.54) is 24.3 Å². The number of esters is 1. The van der Waals surface area contributed by atoms with E-state index in [1.807, 2.05) is 12.1 Å². The van der Waals surface area contributed by atoms with Gasteiger partial charge in [-0.1, -0.05) is 34.1 Å². The molecule has 140 valence electrons. The summed E-state index contributed by atoms with van der Waals surface area (Å²) in [6.45, 7) is 0.0539. The number of carbonyl (C=O) groups excluding carboxylic acids is 1. The first-order valence-electron chi connectivity index (χ1n) is 7.66. The second-order valence-corrected chi connectivity index (χ2v) is 9.24. The SMILES string of the molecule is O=C(OCc1ccc(Br)cc1)c1ccc(NS(=O)(=O)c2cccs2)cc1O. The molecule has 0 amide bonds. The smallest absolute Gasteiger partial charge is 0.342 e. The highest BCUT2D eigenvalue weighted by Crippen LogP contribution is 2.26. The first-order valence-corrected chi connectivity index (χ1v) is 10.8. The molecule has 1 heterocycles. The van der Waals surface area contributed by atoms with Crippen LogP contribution in [-0.2, 0) is 21.4 Å². The average molecular weight is 468 g/mol. The van der Waals surface area contributed by atoms with Gasteiger partial charge in [-0.3, -0.25) is 4.72 Å². The topological polar surface area (TPSA) is 92.7 Å². The summed E-state index contributed by atoms with van der Waals surface area (Å²) < 4.78 is 33.0. The standard InChI is InChI=1S/C18H14BrNO5S2/c19-13-5-3-12(4-6-13)11-25-18(22)15-8-7-14(10-16(15)21)20-27(23,24)17-2-1-9-26-17/h1-10,20-21H,11H2. The first-order chi connectivity index (χ1) is 12.8. The highest BCUT2D eigenvalue weighted by molar-refractivity contribution is 9.10. The van der Waals surface area contributed by atoms with Crippen LogP contribution < -0.4 is 4.72 Å². The molecule has 6 nitrogen and oxygen atoms in total. The molecule has 0 aliphatic carbocycles. The van der Waals surface area contributed by atoms with Crippen LogP contribution >= 0.6 is 27.3 Å². The number of phenolic OH excluding ortho intramolecular Hbond substituents is 1. The zero-order chi connectivity index (χ0) is 19.4. The first kappa shape index (κ1) is 19.4. The predicted molar refractivity (Wildman–Crippen MR) is 106 cm³/mol. The van der Waals surface area contributed by atoms with Gasteiger partial charge < -0.3 is 9.84 Å². The minimum absolute atomic E-state index is 0.0498. The van der Waals surface area contributed by atoms with Crippen molar-refractivity contribution >= 4 is 48.9 Å². The van der Waals surface area contributed by atoms with Crippen LogP contribution in [0.1, 0.15) is 15.9 Å². The van der Waals surface area contributed by atoms with Gasteiger partial charge in [-0.05, 0) is 41.3 Å². The van der Waals surface area contributed by atoms with Gasteiger partial charge in [0.05, 0.1) is 5.69 Å². The Kier molecular flexibility index (Phi) is 5.83. The van der Waals surface area contributed by atoms with E-state index in [-0.39, 0.29) is 27.8 Å². The van der Waals surface area contributed by atoms with E-state index in [4.69, 9.17) is 4.74 Å². The van der Waals surface area contributed by atoms with Crippen molar-refractivity contribution in [3.05, 3.63) is 75.6 Å².